The largest absolute Gasteiger partial charge is 0.462 e. The van der Waals surface area contributed by atoms with Gasteiger partial charge in [0.2, 0.25) is 0 Å². The molecule has 36 heavy (non-hydrogen) atoms. The minimum absolute atomic E-state index is 0.0245. The third-order valence-electron chi connectivity index (χ3n) is 5.05. The van der Waals surface area contributed by atoms with Crippen LogP contribution in [0.25, 0.3) is 22.5 Å². The van der Waals surface area contributed by atoms with E-state index in [2.05, 4.69) is 31.3 Å². The second-order valence-corrected chi connectivity index (χ2v) is 7.47. The average molecular weight is 496 g/mol. The number of aromatic amines is 1. The molecule has 12 heteroatoms. The number of amides is 2. The maximum Gasteiger partial charge on any atom is 0.416 e. The summed E-state index contributed by atoms with van der Waals surface area (Å²) in [7, 11) is 0. The van der Waals surface area contributed by atoms with Crippen molar-refractivity contribution >= 4 is 23.4 Å². The van der Waals surface area contributed by atoms with E-state index in [-0.39, 0.29) is 18.1 Å². The Morgan fingerprint density at radius 1 is 0.972 bits per heavy atom. The first-order chi connectivity index (χ1) is 17.2. The Hall–Kier alpha value is -4.74. The maximum atomic E-state index is 13.0. The molecule has 0 saturated carbocycles. The van der Waals surface area contributed by atoms with Crippen molar-refractivity contribution in [3.8, 4) is 22.5 Å². The van der Waals surface area contributed by atoms with Crippen molar-refractivity contribution in [2.45, 2.75) is 13.1 Å². The molecule has 0 radical (unpaired) electrons. The molecule has 0 saturated heterocycles. The molecule has 184 valence electrons. The number of alkyl halides is 3. The molecule has 2 amide bonds. The number of hydrogen-bond donors (Lipinski definition) is 3. The van der Waals surface area contributed by atoms with Crippen LogP contribution in [0.2, 0.25) is 0 Å². The van der Waals surface area contributed by atoms with Crippen molar-refractivity contribution in [3.63, 3.8) is 0 Å². The zero-order chi connectivity index (χ0) is 25.7. The summed E-state index contributed by atoms with van der Waals surface area (Å²) in [5, 5.41) is 18.7. The number of ether oxygens (including phenoxy) is 1. The number of urea groups is 1. The van der Waals surface area contributed by atoms with Gasteiger partial charge in [-0.25, -0.2) is 14.7 Å². The Morgan fingerprint density at radius 2 is 1.72 bits per heavy atom. The van der Waals surface area contributed by atoms with E-state index in [1.54, 1.807) is 49.4 Å². The van der Waals surface area contributed by atoms with Crippen LogP contribution >= 0.6 is 0 Å². The summed E-state index contributed by atoms with van der Waals surface area (Å²) < 4.78 is 43.9. The molecule has 3 aromatic carbocycles. The average Bonchev–Trinajstić information content (AvgIpc) is 3.39. The highest BCUT2D eigenvalue weighted by Crippen LogP contribution is 2.32. The quantitative estimate of drug-likeness (QED) is 0.309. The molecule has 4 aromatic rings. The van der Waals surface area contributed by atoms with Gasteiger partial charge in [0.25, 0.3) is 0 Å². The van der Waals surface area contributed by atoms with Crippen LogP contribution in [0.15, 0.2) is 66.7 Å². The first-order valence-corrected chi connectivity index (χ1v) is 10.7. The van der Waals surface area contributed by atoms with Gasteiger partial charge in [-0.15, -0.1) is 5.10 Å². The Labute approximate surface area is 202 Å². The van der Waals surface area contributed by atoms with Crippen LogP contribution in [0.4, 0.5) is 29.3 Å². The SMILES string of the molecule is CCOC(=O)c1ccc(-c2ccc(NC(=O)Nc3cccc(C(F)(F)F)c3)c(-c3nnn[nH]3)c2)cc1. The van der Waals surface area contributed by atoms with E-state index in [0.717, 1.165) is 23.3 Å². The molecule has 0 fully saturated rings. The molecule has 1 aromatic heterocycles. The van der Waals surface area contributed by atoms with Gasteiger partial charge in [0, 0.05) is 11.3 Å². The Bertz CT molecular complexity index is 1370. The number of anilines is 2. The number of hydrogen-bond acceptors (Lipinski definition) is 6. The summed E-state index contributed by atoms with van der Waals surface area (Å²) in [6.45, 7) is 1.99. The lowest BCUT2D eigenvalue weighted by Gasteiger charge is -2.13. The molecule has 0 spiro atoms. The van der Waals surface area contributed by atoms with Crippen LogP contribution in [-0.4, -0.2) is 39.2 Å². The Kier molecular flexibility index (Phi) is 6.95. The van der Waals surface area contributed by atoms with Gasteiger partial charge in [-0.05, 0) is 70.9 Å². The lowest BCUT2D eigenvalue weighted by atomic mass is 10.00. The summed E-state index contributed by atoms with van der Waals surface area (Å²) in [5.41, 5.74) is 1.76. The number of H-pyrrole nitrogens is 1. The van der Waals surface area contributed by atoms with Crippen LogP contribution < -0.4 is 10.6 Å². The van der Waals surface area contributed by atoms with Crippen LogP contribution in [0.5, 0.6) is 0 Å². The number of carbonyl (C=O) groups is 2. The van der Waals surface area contributed by atoms with Crippen molar-refractivity contribution < 1.29 is 27.5 Å². The molecule has 4 rings (SSSR count). The molecule has 0 unspecified atom stereocenters. The fraction of sp³-hybridized carbons (Fsp3) is 0.125. The molecule has 0 bridgehead atoms. The predicted octanol–water partition coefficient (Wildman–Crippen LogP) is 5.37. The zero-order valence-electron chi connectivity index (χ0n) is 18.8. The smallest absolute Gasteiger partial charge is 0.416 e. The summed E-state index contributed by atoms with van der Waals surface area (Å²) in [6.07, 6.45) is -4.54. The van der Waals surface area contributed by atoms with Gasteiger partial charge < -0.3 is 15.4 Å². The second-order valence-electron chi connectivity index (χ2n) is 7.47. The molecule has 0 aliphatic heterocycles. The van der Waals surface area contributed by atoms with E-state index in [4.69, 9.17) is 4.74 Å². The third-order valence-corrected chi connectivity index (χ3v) is 5.05. The van der Waals surface area contributed by atoms with E-state index in [1.807, 2.05) is 0 Å². The maximum absolute atomic E-state index is 13.0. The summed E-state index contributed by atoms with van der Waals surface area (Å²) >= 11 is 0. The number of tetrazole rings is 1. The topological polar surface area (TPSA) is 122 Å². The predicted molar refractivity (Wildman–Crippen MR) is 125 cm³/mol. The lowest BCUT2D eigenvalue weighted by molar-refractivity contribution is -0.137. The zero-order valence-corrected chi connectivity index (χ0v) is 18.8. The number of nitrogens with zero attached hydrogens (tertiary/aromatic N) is 3. The first kappa shape index (κ1) is 24.4. The minimum Gasteiger partial charge on any atom is -0.462 e. The second kappa shape index (κ2) is 10.3. The highest BCUT2D eigenvalue weighted by molar-refractivity contribution is 6.02. The van der Waals surface area contributed by atoms with E-state index in [0.29, 0.717) is 16.8 Å². The van der Waals surface area contributed by atoms with Crippen molar-refractivity contribution in [1.29, 1.82) is 0 Å². The Morgan fingerprint density at radius 3 is 2.39 bits per heavy atom. The normalized spacial score (nSPS) is 11.1. The molecular weight excluding hydrogens is 477 g/mol. The lowest BCUT2D eigenvalue weighted by Crippen LogP contribution is -2.20. The van der Waals surface area contributed by atoms with E-state index < -0.39 is 23.7 Å². The van der Waals surface area contributed by atoms with Crippen LogP contribution in [0, 0.1) is 0 Å². The van der Waals surface area contributed by atoms with Crippen LogP contribution in [0.1, 0.15) is 22.8 Å². The van der Waals surface area contributed by atoms with Gasteiger partial charge in [-0.3, -0.25) is 0 Å². The van der Waals surface area contributed by atoms with Gasteiger partial charge in [0.05, 0.1) is 23.4 Å². The van der Waals surface area contributed by atoms with Crippen molar-refractivity contribution in [1.82, 2.24) is 20.6 Å². The highest BCUT2D eigenvalue weighted by atomic mass is 19.4. The Balaban J connectivity index is 1.58. The fourth-order valence-corrected chi connectivity index (χ4v) is 3.37. The molecular formula is C24H19F3N6O3. The number of esters is 1. The molecule has 0 atom stereocenters. The van der Waals surface area contributed by atoms with Crippen molar-refractivity contribution in [3.05, 3.63) is 77.9 Å². The molecule has 1 heterocycles. The first-order valence-electron chi connectivity index (χ1n) is 10.7. The van der Waals surface area contributed by atoms with E-state index in [9.17, 15) is 22.8 Å². The van der Waals surface area contributed by atoms with Crippen molar-refractivity contribution in [2.24, 2.45) is 0 Å². The van der Waals surface area contributed by atoms with E-state index >= 15 is 0 Å². The molecule has 3 N–H and O–H groups in total. The summed E-state index contributed by atoms with van der Waals surface area (Å²) in [6, 6.07) is 15.4. The number of rotatable bonds is 6. The molecule has 0 aliphatic carbocycles. The monoisotopic (exact) mass is 496 g/mol. The van der Waals surface area contributed by atoms with Crippen LogP contribution in [-0.2, 0) is 10.9 Å². The standard InChI is InChI=1S/C24H19F3N6O3/c1-2-36-22(34)15-8-6-14(7-9-15)16-10-11-20(19(12-16)21-30-32-33-31-21)29-23(35)28-18-5-3-4-17(13-18)24(25,26)27/h3-13H,2H2,1H3,(H2,28,29,35)(H,30,31,32,33). The summed E-state index contributed by atoms with van der Waals surface area (Å²) in [4.78, 5) is 24.5. The van der Waals surface area contributed by atoms with Gasteiger partial charge in [0.1, 0.15) is 0 Å². The van der Waals surface area contributed by atoms with Gasteiger partial charge >= 0.3 is 18.2 Å². The van der Waals surface area contributed by atoms with Crippen LogP contribution in [0.3, 0.4) is 0 Å². The van der Waals surface area contributed by atoms with Gasteiger partial charge in [-0.2, -0.15) is 13.2 Å². The van der Waals surface area contributed by atoms with Crippen molar-refractivity contribution in [2.75, 3.05) is 17.2 Å². The number of benzene rings is 3. The number of halogens is 3. The van der Waals surface area contributed by atoms with E-state index in [1.165, 1.54) is 12.1 Å². The van der Waals surface area contributed by atoms with Gasteiger partial charge in [0.15, 0.2) is 5.82 Å². The molecule has 0 aliphatic rings. The summed E-state index contributed by atoms with van der Waals surface area (Å²) in [5.74, 6) is -0.168. The molecule has 9 nitrogen and oxygen atoms in total. The number of carbonyl (C=O) groups excluding carboxylic acids is 2. The number of aromatic nitrogens is 4. The number of nitrogens with one attached hydrogen (secondary N) is 3. The fourth-order valence-electron chi connectivity index (χ4n) is 3.37. The minimum atomic E-state index is -4.54. The highest BCUT2D eigenvalue weighted by Gasteiger charge is 2.30. The van der Waals surface area contributed by atoms with Gasteiger partial charge in [-0.1, -0.05) is 24.3 Å². The third kappa shape index (κ3) is 5.66.